The average molecular weight is 197 g/mol. The van der Waals surface area contributed by atoms with Crippen LogP contribution in [0.15, 0.2) is 12.2 Å². The van der Waals surface area contributed by atoms with E-state index >= 15 is 0 Å². The third-order valence-corrected chi connectivity index (χ3v) is 2.54. The van der Waals surface area contributed by atoms with Gasteiger partial charge >= 0.3 is 0 Å². The van der Waals surface area contributed by atoms with Crippen LogP contribution in [0.25, 0.3) is 0 Å². The Hall–Kier alpha value is -0.300. The van der Waals surface area contributed by atoms with Crippen molar-refractivity contribution in [3.8, 4) is 0 Å². The molecule has 0 aromatic heterocycles. The minimum Gasteiger partial charge on any atom is -0.315 e. The van der Waals surface area contributed by atoms with Crippen LogP contribution in [0.5, 0.6) is 0 Å². The van der Waals surface area contributed by atoms with Gasteiger partial charge in [-0.05, 0) is 31.7 Å². The summed E-state index contributed by atoms with van der Waals surface area (Å²) < 4.78 is 0. The van der Waals surface area contributed by atoms with E-state index in [9.17, 15) is 0 Å². The molecule has 84 valence electrons. The van der Waals surface area contributed by atoms with Crippen LogP contribution in [-0.2, 0) is 0 Å². The van der Waals surface area contributed by atoms with Crippen molar-refractivity contribution in [3.05, 3.63) is 12.2 Å². The van der Waals surface area contributed by atoms with Crippen LogP contribution in [0, 0.1) is 5.92 Å². The molecule has 0 aromatic rings. The second-order valence-corrected chi connectivity index (χ2v) is 4.73. The van der Waals surface area contributed by atoms with E-state index in [0.29, 0.717) is 12.0 Å². The van der Waals surface area contributed by atoms with Crippen LogP contribution < -0.4 is 5.32 Å². The van der Waals surface area contributed by atoms with Crippen molar-refractivity contribution >= 4 is 0 Å². The monoisotopic (exact) mass is 197 g/mol. The molecule has 0 heterocycles. The highest BCUT2D eigenvalue weighted by molar-refractivity contribution is 4.96. The van der Waals surface area contributed by atoms with Crippen molar-refractivity contribution in [3.63, 3.8) is 0 Å². The minimum absolute atomic E-state index is 0.626. The van der Waals surface area contributed by atoms with Gasteiger partial charge in [0.15, 0.2) is 0 Å². The summed E-state index contributed by atoms with van der Waals surface area (Å²) >= 11 is 0. The predicted octanol–water partition coefficient (Wildman–Crippen LogP) is 3.76. The molecule has 0 saturated carbocycles. The van der Waals surface area contributed by atoms with Gasteiger partial charge in [-0.25, -0.2) is 0 Å². The molecule has 0 aliphatic heterocycles. The van der Waals surface area contributed by atoms with E-state index in [2.05, 4.69) is 39.6 Å². The molecule has 0 spiro atoms. The average Bonchev–Trinajstić information content (AvgIpc) is 2.09. The van der Waals surface area contributed by atoms with Gasteiger partial charge in [0, 0.05) is 6.04 Å². The molecule has 0 aromatic carbocycles. The molecule has 1 nitrogen and oxygen atoms in total. The Morgan fingerprint density at radius 3 is 2.21 bits per heavy atom. The van der Waals surface area contributed by atoms with E-state index in [0.717, 1.165) is 6.54 Å². The SMILES string of the molecule is C=C(CCCCCNC(C)C)C(C)C. The quantitative estimate of drug-likeness (QED) is 0.461. The summed E-state index contributed by atoms with van der Waals surface area (Å²) in [6, 6.07) is 0.626. The lowest BCUT2D eigenvalue weighted by Crippen LogP contribution is -2.23. The fraction of sp³-hybridized carbons (Fsp3) is 0.846. The molecular weight excluding hydrogens is 170 g/mol. The van der Waals surface area contributed by atoms with E-state index in [1.807, 2.05) is 0 Å². The molecule has 0 atom stereocenters. The van der Waals surface area contributed by atoms with Gasteiger partial charge in [0.2, 0.25) is 0 Å². The molecule has 0 rings (SSSR count). The number of rotatable bonds is 8. The maximum atomic E-state index is 4.08. The number of nitrogens with one attached hydrogen (secondary N) is 1. The second-order valence-electron chi connectivity index (χ2n) is 4.73. The number of allylic oxidation sites excluding steroid dienone is 1. The Labute approximate surface area is 90.0 Å². The van der Waals surface area contributed by atoms with Crippen LogP contribution in [0.1, 0.15) is 53.4 Å². The number of unbranched alkanes of at least 4 members (excludes halogenated alkanes) is 2. The van der Waals surface area contributed by atoms with Gasteiger partial charge in [0.1, 0.15) is 0 Å². The summed E-state index contributed by atoms with van der Waals surface area (Å²) in [4.78, 5) is 0. The zero-order valence-corrected chi connectivity index (χ0v) is 10.4. The summed E-state index contributed by atoms with van der Waals surface area (Å²) in [5.74, 6) is 0.656. The summed E-state index contributed by atoms with van der Waals surface area (Å²) in [5, 5.41) is 3.43. The molecule has 0 aliphatic carbocycles. The number of hydrogen-bond donors (Lipinski definition) is 1. The number of hydrogen-bond acceptors (Lipinski definition) is 1. The highest BCUT2D eigenvalue weighted by Crippen LogP contribution is 2.14. The first-order chi connectivity index (χ1) is 6.54. The zero-order valence-electron chi connectivity index (χ0n) is 10.4. The minimum atomic E-state index is 0.626. The van der Waals surface area contributed by atoms with Gasteiger partial charge in [-0.2, -0.15) is 0 Å². The van der Waals surface area contributed by atoms with E-state index in [4.69, 9.17) is 0 Å². The molecule has 1 N–H and O–H groups in total. The smallest absolute Gasteiger partial charge is 0.00103 e. The molecule has 14 heavy (non-hydrogen) atoms. The normalized spacial score (nSPS) is 11.3. The molecule has 1 heteroatoms. The molecule has 0 bridgehead atoms. The van der Waals surface area contributed by atoms with Crippen LogP contribution in [0.4, 0.5) is 0 Å². The van der Waals surface area contributed by atoms with Gasteiger partial charge in [-0.3, -0.25) is 0 Å². The maximum Gasteiger partial charge on any atom is 0.00103 e. The lowest BCUT2D eigenvalue weighted by Gasteiger charge is -2.10. The molecule has 0 amide bonds. The molecule has 0 saturated heterocycles. The van der Waals surface area contributed by atoms with E-state index in [-0.39, 0.29) is 0 Å². The van der Waals surface area contributed by atoms with Crippen LogP contribution in [0.3, 0.4) is 0 Å². The maximum absolute atomic E-state index is 4.08. The highest BCUT2D eigenvalue weighted by atomic mass is 14.9. The first-order valence-electron chi connectivity index (χ1n) is 5.95. The Morgan fingerprint density at radius 1 is 1.07 bits per heavy atom. The Balaban J connectivity index is 3.18. The van der Waals surface area contributed by atoms with Gasteiger partial charge < -0.3 is 5.32 Å². The van der Waals surface area contributed by atoms with Gasteiger partial charge in [0.25, 0.3) is 0 Å². The third-order valence-electron chi connectivity index (χ3n) is 2.54. The van der Waals surface area contributed by atoms with E-state index in [1.54, 1.807) is 0 Å². The van der Waals surface area contributed by atoms with Gasteiger partial charge in [-0.1, -0.05) is 46.3 Å². The van der Waals surface area contributed by atoms with Crippen LogP contribution in [-0.4, -0.2) is 12.6 Å². The molecule has 0 fully saturated rings. The first kappa shape index (κ1) is 13.7. The first-order valence-corrected chi connectivity index (χ1v) is 5.95. The fourth-order valence-electron chi connectivity index (χ4n) is 1.33. The largest absolute Gasteiger partial charge is 0.315 e. The van der Waals surface area contributed by atoms with Crippen LogP contribution >= 0.6 is 0 Å². The summed E-state index contributed by atoms with van der Waals surface area (Å²) in [7, 11) is 0. The predicted molar refractivity (Wildman–Crippen MR) is 65.6 cm³/mol. The van der Waals surface area contributed by atoms with E-state index < -0.39 is 0 Å². The van der Waals surface area contributed by atoms with Crippen molar-refractivity contribution < 1.29 is 0 Å². The Morgan fingerprint density at radius 2 is 1.71 bits per heavy atom. The van der Waals surface area contributed by atoms with E-state index in [1.165, 1.54) is 31.3 Å². The van der Waals surface area contributed by atoms with Gasteiger partial charge in [0.05, 0.1) is 0 Å². The fourth-order valence-corrected chi connectivity index (χ4v) is 1.33. The topological polar surface area (TPSA) is 12.0 Å². The summed E-state index contributed by atoms with van der Waals surface area (Å²) in [5.41, 5.74) is 1.40. The Kier molecular flexibility index (Phi) is 7.87. The zero-order chi connectivity index (χ0) is 11.0. The molecular formula is C13H27N. The molecule has 0 aliphatic rings. The van der Waals surface area contributed by atoms with Crippen molar-refractivity contribution in [1.29, 1.82) is 0 Å². The van der Waals surface area contributed by atoms with Crippen LogP contribution in [0.2, 0.25) is 0 Å². The summed E-state index contributed by atoms with van der Waals surface area (Å²) in [6.45, 7) is 14.1. The highest BCUT2D eigenvalue weighted by Gasteiger charge is 1.99. The lowest BCUT2D eigenvalue weighted by molar-refractivity contribution is 0.543. The van der Waals surface area contributed by atoms with Crippen molar-refractivity contribution in [2.24, 2.45) is 5.92 Å². The molecule has 0 radical (unpaired) electrons. The second kappa shape index (κ2) is 8.05. The summed E-state index contributed by atoms with van der Waals surface area (Å²) in [6.07, 6.45) is 5.13. The van der Waals surface area contributed by atoms with Gasteiger partial charge in [-0.15, -0.1) is 0 Å². The lowest BCUT2D eigenvalue weighted by atomic mass is 9.99. The van der Waals surface area contributed by atoms with Crippen molar-refractivity contribution in [2.45, 2.75) is 59.4 Å². The standard InChI is InChI=1S/C13H27N/c1-11(2)13(5)9-7-6-8-10-14-12(3)4/h11-12,14H,5-10H2,1-4H3. The van der Waals surface area contributed by atoms with Crippen molar-refractivity contribution in [1.82, 2.24) is 5.32 Å². The van der Waals surface area contributed by atoms with Crippen molar-refractivity contribution in [2.75, 3.05) is 6.54 Å². The molecule has 0 unspecified atom stereocenters. The third kappa shape index (κ3) is 8.31. The Bertz CT molecular complexity index is 147.